The highest BCUT2D eigenvalue weighted by molar-refractivity contribution is 5.94. The average Bonchev–Trinajstić information content (AvgIpc) is 3.26. The molecule has 1 atom stereocenters. The molecule has 0 bridgehead atoms. The van der Waals surface area contributed by atoms with Crippen molar-refractivity contribution in [3.05, 3.63) is 65.2 Å². The van der Waals surface area contributed by atoms with Crippen LogP contribution < -0.4 is 5.32 Å². The minimum atomic E-state index is -0.934. The Morgan fingerprint density at radius 2 is 1.78 bits per heavy atom. The number of hydrogen-bond acceptors (Lipinski definition) is 4. The average molecular weight is 506 g/mol. The van der Waals surface area contributed by atoms with Gasteiger partial charge >= 0.3 is 5.97 Å². The van der Waals surface area contributed by atoms with Crippen molar-refractivity contribution >= 4 is 23.6 Å². The number of carboxylic acid groups (broad SMARTS) is 1. The topological polar surface area (TPSA) is 91.2 Å². The number of benzene rings is 2. The molecule has 0 aromatic heterocycles. The lowest BCUT2D eigenvalue weighted by Crippen LogP contribution is -2.42. The summed E-state index contributed by atoms with van der Waals surface area (Å²) in [6.45, 7) is 9.69. The zero-order valence-electron chi connectivity index (χ0n) is 22.4. The van der Waals surface area contributed by atoms with Crippen LogP contribution in [-0.2, 0) is 9.53 Å². The first-order valence-electron chi connectivity index (χ1n) is 13.3. The van der Waals surface area contributed by atoms with Gasteiger partial charge in [0.05, 0.1) is 18.2 Å². The van der Waals surface area contributed by atoms with Crippen LogP contribution in [0.3, 0.4) is 0 Å². The molecule has 2 N–H and O–H groups in total. The molecule has 7 nitrogen and oxygen atoms in total. The van der Waals surface area contributed by atoms with Gasteiger partial charge in [-0.2, -0.15) is 4.99 Å². The van der Waals surface area contributed by atoms with Gasteiger partial charge in [0.15, 0.2) is 0 Å². The Hall–Kier alpha value is -3.35. The van der Waals surface area contributed by atoms with Crippen LogP contribution in [0.25, 0.3) is 0 Å². The van der Waals surface area contributed by atoms with Gasteiger partial charge in [-0.15, -0.1) is 0 Å². The number of amidine groups is 1. The molecule has 198 valence electrons. The lowest BCUT2D eigenvalue weighted by atomic mass is 9.71. The normalized spacial score (nSPS) is 23.1. The third-order valence-electron chi connectivity index (χ3n) is 7.65. The third-order valence-corrected chi connectivity index (χ3v) is 7.65. The molecule has 1 saturated carbocycles. The molecule has 2 aromatic carbocycles. The van der Waals surface area contributed by atoms with E-state index < -0.39 is 5.97 Å². The Labute approximate surface area is 219 Å². The van der Waals surface area contributed by atoms with Crippen LogP contribution in [-0.4, -0.2) is 47.1 Å². The molecule has 37 heavy (non-hydrogen) atoms. The number of aliphatic carboxylic acids is 1. The first-order chi connectivity index (χ1) is 17.6. The van der Waals surface area contributed by atoms with E-state index in [1.54, 1.807) is 12.1 Å². The number of hydrogen-bond donors (Lipinski definition) is 2. The van der Waals surface area contributed by atoms with Crippen molar-refractivity contribution in [2.45, 2.75) is 71.9 Å². The minimum absolute atomic E-state index is 0.0175. The van der Waals surface area contributed by atoms with Gasteiger partial charge in [0, 0.05) is 18.2 Å². The van der Waals surface area contributed by atoms with Gasteiger partial charge in [-0.3, -0.25) is 9.59 Å². The highest BCUT2D eigenvalue weighted by Crippen LogP contribution is 2.42. The van der Waals surface area contributed by atoms with Crippen molar-refractivity contribution in [1.29, 1.82) is 0 Å². The van der Waals surface area contributed by atoms with Crippen molar-refractivity contribution in [2.75, 3.05) is 13.2 Å². The Kier molecular flexibility index (Phi) is 8.20. The second-order valence-electron chi connectivity index (χ2n) is 11.4. The van der Waals surface area contributed by atoms with E-state index >= 15 is 0 Å². The maximum absolute atomic E-state index is 12.4. The molecule has 1 aliphatic carbocycles. The van der Waals surface area contributed by atoms with Crippen molar-refractivity contribution in [3.63, 3.8) is 0 Å². The highest BCUT2D eigenvalue weighted by atomic mass is 16.5. The standard InChI is InChI=1S/C30H39N3O4/c1-20-6-5-7-24(18-20)32-29-33(25-14-12-23(13-15-25)30(2,3)4)26(19-37-29)21-8-10-22(11-9-21)28(36)31-17-16-27(34)35/h5-11,18,23,25-26H,12-17,19H2,1-4H3,(H,31,36)(H,34,35). The number of nitrogens with one attached hydrogen (secondary N) is 1. The Balaban J connectivity index is 1.55. The van der Waals surface area contributed by atoms with E-state index in [9.17, 15) is 9.59 Å². The Morgan fingerprint density at radius 1 is 1.08 bits per heavy atom. The fraction of sp³-hybridized carbons (Fsp3) is 0.500. The van der Waals surface area contributed by atoms with Crippen LogP contribution in [0.4, 0.5) is 5.69 Å². The summed E-state index contributed by atoms with van der Waals surface area (Å²) in [5.41, 5.74) is 3.95. The Bertz CT molecular complexity index is 1130. The number of amides is 1. The Morgan fingerprint density at radius 3 is 2.41 bits per heavy atom. The number of carbonyl (C=O) groups excluding carboxylic acids is 1. The first kappa shape index (κ1) is 26.7. The molecule has 1 unspecified atom stereocenters. The van der Waals surface area contributed by atoms with Crippen LogP contribution in [0.1, 0.15) is 80.4 Å². The zero-order valence-corrected chi connectivity index (χ0v) is 22.4. The van der Waals surface area contributed by atoms with Crippen LogP contribution in [0.2, 0.25) is 0 Å². The molecule has 1 heterocycles. The van der Waals surface area contributed by atoms with E-state index in [-0.39, 0.29) is 24.9 Å². The second kappa shape index (κ2) is 11.4. The van der Waals surface area contributed by atoms with Gasteiger partial charge < -0.3 is 20.1 Å². The zero-order chi connectivity index (χ0) is 26.6. The van der Waals surface area contributed by atoms with E-state index in [2.05, 4.69) is 50.0 Å². The predicted molar refractivity (Wildman–Crippen MR) is 145 cm³/mol. The summed E-state index contributed by atoms with van der Waals surface area (Å²) < 4.78 is 6.22. The molecule has 2 aromatic rings. The van der Waals surface area contributed by atoms with E-state index in [1.165, 1.54) is 12.8 Å². The van der Waals surface area contributed by atoms with Crippen molar-refractivity contribution in [2.24, 2.45) is 16.3 Å². The summed E-state index contributed by atoms with van der Waals surface area (Å²) in [7, 11) is 0. The number of aliphatic imine (C=N–C) groups is 1. The number of rotatable bonds is 7. The number of carbonyl (C=O) groups is 2. The summed E-state index contributed by atoms with van der Waals surface area (Å²) in [5, 5.41) is 11.5. The van der Waals surface area contributed by atoms with Gasteiger partial charge in [-0.25, -0.2) is 0 Å². The van der Waals surface area contributed by atoms with Crippen LogP contribution in [0, 0.1) is 18.3 Å². The van der Waals surface area contributed by atoms with Gasteiger partial charge in [0.25, 0.3) is 11.9 Å². The van der Waals surface area contributed by atoms with Crippen molar-refractivity contribution in [3.8, 4) is 0 Å². The smallest absolute Gasteiger partial charge is 0.305 e. The fourth-order valence-electron chi connectivity index (χ4n) is 5.47. The molecule has 0 radical (unpaired) electrons. The number of nitrogens with zero attached hydrogens (tertiary/aromatic N) is 2. The largest absolute Gasteiger partial charge is 0.481 e. The number of aryl methyl sites for hydroxylation is 1. The molecule has 2 aliphatic rings. The monoisotopic (exact) mass is 505 g/mol. The molecule has 1 amide bonds. The molecule has 7 heteroatoms. The summed E-state index contributed by atoms with van der Waals surface area (Å²) in [6, 6.07) is 16.7. The number of carboxylic acids is 1. The van der Waals surface area contributed by atoms with Crippen LogP contribution in [0.5, 0.6) is 0 Å². The maximum Gasteiger partial charge on any atom is 0.305 e. The van der Waals surface area contributed by atoms with E-state index in [0.717, 1.165) is 29.7 Å². The third kappa shape index (κ3) is 6.70. The summed E-state index contributed by atoms with van der Waals surface area (Å²) >= 11 is 0. The van der Waals surface area contributed by atoms with Crippen LogP contribution in [0.15, 0.2) is 53.5 Å². The van der Waals surface area contributed by atoms with Gasteiger partial charge in [-0.1, -0.05) is 45.0 Å². The molecular formula is C30H39N3O4. The van der Waals surface area contributed by atoms with Gasteiger partial charge in [0.2, 0.25) is 0 Å². The molecule has 0 spiro atoms. The number of ether oxygens (including phenoxy) is 1. The van der Waals surface area contributed by atoms with E-state index in [1.807, 2.05) is 24.3 Å². The SMILES string of the molecule is Cc1cccc(N=C2OCC(c3ccc(C(=O)NCCC(=O)O)cc3)N2C2CCC(C(C)(C)C)CC2)c1. The fourth-order valence-corrected chi connectivity index (χ4v) is 5.47. The van der Waals surface area contributed by atoms with E-state index in [0.29, 0.717) is 35.6 Å². The van der Waals surface area contributed by atoms with Crippen LogP contribution >= 0.6 is 0 Å². The molecule has 1 aliphatic heterocycles. The summed E-state index contributed by atoms with van der Waals surface area (Å²) in [6.07, 6.45) is 4.46. The van der Waals surface area contributed by atoms with E-state index in [4.69, 9.17) is 14.8 Å². The van der Waals surface area contributed by atoms with Crippen molar-refractivity contribution in [1.82, 2.24) is 10.2 Å². The van der Waals surface area contributed by atoms with Gasteiger partial charge in [-0.05, 0) is 79.3 Å². The molecule has 1 saturated heterocycles. The lowest BCUT2D eigenvalue weighted by Gasteiger charge is -2.41. The maximum atomic E-state index is 12.4. The highest BCUT2D eigenvalue weighted by Gasteiger charge is 2.40. The first-order valence-corrected chi connectivity index (χ1v) is 13.3. The van der Waals surface area contributed by atoms with Crippen molar-refractivity contribution < 1.29 is 19.4 Å². The quantitative estimate of drug-likeness (QED) is 0.491. The minimum Gasteiger partial charge on any atom is -0.481 e. The molecule has 4 rings (SSSR count). The second-order valence-corrected chi connectivity index (χ2v) is 11.4. The molecule has 2 fully saturated rings. The predicted octanol–water partition coefficient (Wildman–Crippen LogP) is 5.87. The summed E-state index contributed by atoms with van der Waals surface area (Å²) in [5.74, 6) is -0.493. The lowest BCUT2D eigenvalue weighted by molar-refractivity contribution is -0.136. The van der Waals surface area contributed by atoms with Gasteiger partial charge in [0.1, 0.15) is 6.61 Å². The summed E-state index contributed by atoms with van der Waals surface area (Å²) in [4.78, 5) is 30.4. The molecular weight excluding hydrogens is 466 g/mol.